The molecule has 3 rings (SSSR count). The first-order valence-corrected chi connectivity index (χ1v) is 7.84. The van der Waals surface area contributed by atoms with Crippen molar-refractivity contribution in [3.8, 4) is 5.69 Å². The lowest BCUT2D eigenvalue weighted by Crippen LogP contribution is -2.44. The number of para-hydroxylation sites is 1. The molecule has 6 heteroatoms. The van der Waals surface area contributed by atoms with Crippen molar-refractivity contribution in [3.05, 3.63) is 47.2 Å². The molecule has 1 aliphatic heterocycles. The molecule has 22 heavy (non-hydrogen) atoms. The first-order valence-electron chi connectivity index (χ1n) is 7.46. The van der Waals surface area contributed by atoms with E-state index in [4.69, 9.17) is 11.6 Å². The first-order chi connectivity index (χ1) is 10.7. The molecular weight excluding hydrogens is 300 g/mol. The standard InChI is InChI=1S/C16H19ClN4O/c1-18-12-6-9-20(10-7-12)16(22)14-8-11-21(19-14)15-5-3-2-4-13(15)17/h2-5,8,11-12,18H,6-7,9-10H2,1H3. The summed E-state index contributed by atoms with van der Waals surface area (Å²) in [6, 6.07) is 9.70. The van der Waals surface area contributed by atoms with Gasteiger partial charge in [0.05, 0.1) is 10.7 Å². The maximum atomic E-state index is 12.5. The second-order valence-electron chi connectivity index (χ2n) is 5.45. The molecule has 0 spiro atoms. The number of nitrogens with one attached hydrogen (secondary N) is 1. The van der Waals surface area contributed by atoms with Crippen molar-refractivity contribution in [2.45, 2.75) is 18.9 Å². The van der Waals surface area contributed by atoms with E-state index in [9.17, 15) is 4.79 Å². The monoisotopic (exact) mass is 318 g/mol. The lowest BCUT2D eigenvalue weighted by Gasteiger charge is -2.31. The number of likely N-dealkylation sites (tertiary alicyclic amines) is 1. The van der Waals surface area contributed by atoms with Gasteiger partial charge >= 0.3 is 0 Å². The van der Waals surface area contributed by atoms with Crippen LogP contribution in [0.15, 0.2) is 36.5 Å². The van der Waals surface area contributed by atoms with Crippen molar-refractivity contribution in [1.82, 2.24) is 20.0 Å². The molecule has 1 aromatic heterocycles. The zero-order chi connectivity index (χ0) is 15.5. The summed E-state index contributed by atoms with van der Waals surface area (Å²) in [5, 5.41) is 8.25. The Morgan fingerprint density at radius 3 is 2.68 bits per heavy atom. The Morgan fingerprint density at radius 2 is 2.00 bits per heavy atom. The molecule has 2 heterocycles. The molecule has 1 fully saturated rings. The highest BCUT2D eigenvalue weighted by atomic mass is 35.5. The third-order valence-electron chi connectivity index (χ3n) is 4.10. The lowest BCUT2D eigenvalue weighted by molar-refractivity contribution is 0.0701. The normalized spacial score (nSPS) is 16.0. The number of rotatable bonds is 3. The van der Waals surface area contributed by atoms with Crippen LogP contribution in [-0.2, 0) is 0 Å². The highest BCUT2D eigenvalue weighted by Gasteiger charge is 2.24. The van der Waals surface area contributed by atoms with Gasteiger partial charge in [-0.1, -0.05) is 23.7 Å². The van der Waals surface area contributed by atoms with Gasteiger partial charge in [-0.05, 0) is 38.1 Å². The van der Waals surface area contributed by atoms with Gasteiger partial charge < -0.3 is 10.2 Å². The molecule has 0 radical (unpaired) electrons. The van der Waals surface area contributed by atoms with Crippen molar-refractivity contribution in [2.24, 2.45) is 0 Å². The van der Waals surface area contributed by atoms with Crippen LogP contribution in [0.2, 0.25) is 5.02 Å². The maximum absolute atomic E-state index is 12.5. The minimum atomic E-state index is -0.0136. The molecule has 1 aromatic carbocycles. The minimum Gasteiger partial charge on any atom is -0.337 e. The van der Waals surface area contributed by atoms with Crippen molar-refractivity contribution in [3.63, 3.8) is 0 Å². The van der Waals surface area contributed by atoms with Crippen LogP contribution >= 0.6 is 11.6 Å². The number of carbonyl (C=O) groups is 1. The number of benzene rings is 1. The van der Waals surface area contributed by atoms with Crippen molar-refractivity contribution in [1.29, 1.82) is 0 Å². The summed E-state index contributed by atoms with van der Waals surface area (Å²) < 4.78 is 1.65. The van der Waals surface area contributed by atoms with E-state index in [0.717, 1.165) is 31.6 Å². The van der Waals surface area contributed by atoms with Gasteiger partial charge in [0.1, 0.15) is 0 Å². The maximum Gasteiger partial charge on any atom is 0.274 e. The molecule has 116 valence electrons. The lowest BCUT2D eigenvalue weighted by atomic mass is 10.1. The zero-order valence-corrected chi connectivity index (χ0v) is 13.3. The van der Waals surface area contributed by atoms with Crippen molar-refractivity contribution >= 4 is 17.5 Å². The fourth-order valence-electron chi connectivity index (χ4n) is 2.74. The topological polar surface area (TPSA) is 50.2 Å². The number of hydrogen-bond donors (Lipinski definition) is 1. The summed E-state index contributed by atoms with van der Waals surface area (Å²) in [7, 11) is 1.97. The second kappa shape index (κ2) is 6.50. The Morgan fingerprint density at radius 1 is 1.27 bits per heavy atom. The van der Waals surface area contributed by atoms with Gasteiger partial charge in [-0.25, -0.2) is 4.68 Å². The second-order valence-corrected chi connectivity index (χ2v) is 5.86. The fraction of sp³-hybridized carbons (Fsp3) is 0.375. The fourth-order valence-corrected chi connectivity index (χ4v) is 2.97. The van der Waals surface area contributed by atoms with E-state index in [-0.39, 0.29) is 5.91 Å². The smallest absolute Gasteiger partial charge is 0.274 e. The third kappa shape index (κ3) is 3.00. The van der Waals surface area contributed by atoms with Gasteiger partial charge in [0.25, 0.3) is 5.91 Å². The van der Waals surface area contributed by atoms with Gasteiger partial charge in [0.2, 0.25) is 0 Å². The third-order valence-corrected chi connectivity index (χ3v) is 4.42. The van der Waals surface area contributed by atoms with Crippen LogP contribution < -0.4 is 5.32 Å². The number of halogens is 1. The molecule has 1 N–H and O–H groups in total. The van der Waals surface area contributed by atoms with E-state index in [0.29, 0.717) is 16.8 Å². The number of nitrogens with zero attached hydrogens (tertiary/aromatic N) is 3. The van der Waals surface area contributed by atoms with Crippen LogP contribution in [0.25, 0.3) is 5.69 Å². The molecule has 0 unspecified atom stereocenters. The Hall–Kier alpha value is -1.85. The summed E-state index contributed by atoms with van der Waals surface area (Å²) in [6.45, 7) is 1.53. The number of piperidine rings is 1. The molecule has 5 nitrogen and oxygen atoms in total. The number of hydrogen-bond acceptors (Lipinski definition) is 3. The number of amides is 1. The number of aromatic nitrogens is 2. The summed E-state index contributed by atoms with van der Waals surface area (Å²) in [5.74, 6) is -0.0136. The van der Waals surface area contributed by atoms with Gasteiger partial charge in [-0.2, -0.15) is 5.10 Å². The van der Waals surface area contributed by atoms with Crippen LogP contribution in [0.5, 0.6) is 0 Å². The van der Waals surface area contributed by atoms with Gasteiger partial charge in [-0.15, -0.1) is 0 Å². The minimum absolute atomic E-state index is 0.0136. The van der Waals surface area contributed by atoms with Gasteiger partial charge in [-0.3, -0.25) is 4.79 Å². The van der Waals surface area contributed by atoms with E-state index < -0.39 is 0 Å². The Kier molecular flexibility index (Phi) is 4.45. The van der Waals surface area contributed by atoms with Crippen LogP contribution in [0, 0.1) is 0 Å². The van der Waals surface area contributed by atoms with Gasteiger partial charge in [0.15, 0.2) is 5.69 Å². The SMILES string of the molecule is CNC1CCN(C(=O)c2ccn(-c3ccccc3Cl)n2)CC1. The van der Waals surface area contributed by atoms with E-state index in [2.05, 4.69) is 10.4 Å². The molecule has 1 aliphatic rings. The molecule has 0 atom stereocenters. The molecule has 0 aliphatic carbocycles. The average molecular weight is 319 g/mol. The predicted octanol–water partition coefficient (Wildman–Crippen LogP) is 2.35. The van der Waals surface area contributed by atoms with E-state index in [1.54, 1.807) is 16.9 Å². The van der Waals surface area contributed by atoms with Crippen LogP contribution in [0.4, 0.5) is 0 Å². The Bertz CT molecular complexity index is 662. The summed E-state index contributed by atoms with van der Waals surface area (Å²) in [5.41, 5.74) is 1.24. The van der Waals surface area contributed by atoms with Crippen LogP contribution in [-0.4, -0.2) is 46.8 Å². The largest absolute Gasteiger partial charge is 0.337 e. The molecule has 0 saturated carbocycles. The highest BCUT2D eigenvalue weighted by molar-refractivity contribution is 6.32. The van der Waals surface area contributed by atoms with Crippen molar-refractivity contribution in [2.75, 3.05) is 20.1 Å². The molecule has 0 bridgehead atoms. The van der Waals surface area contributed by atoms with Crippen LogP contribution in [0.1, 0.15) is 23.3 Å². The molecule has 2 aromatic rings. The van der Waals surface area contributed by atoms with Crippen molar-refractivity contribution < 1.29 is 4.79 Å². The Labute approximate surface area is 134 Å². The van der Waals surface area contributed by atoms with Gasteiger partial charge in [0, 0.05) is 25.3 Å². The van der Waals surface area contributed by atoms with Crippen LogP contribution in [0.3, 0.4) is 0 Å². The molecule has 1 amide bonds. The summed E-state index contributed by atoms with van der Waals surface area (Å²) in [4.78, 5) is 14.4. The summed E-state index contributed by atoms with van der Waals surface area (Å²) >= 11 is 6.17. The average Bonchev–Trinajstić information content (AvgIpc) is 3.04. The molecule has 1 saturated heterocycles. The Balaban J connectivity index is 1.74. The predicted molar refractivity (Wildman–Crippen MR) is 86.6 cm³/mol. The highest BCUT2D eigenvalue weighted by Crippen LogP contribution is 2.20. The van der Waals surface area contributed by atoms with E-state index in [1.807, 2.05) is 36.2 Å². The number of carbonyl (C=O) groups excluding carboxylic acids is 1. The first kappa shape index (κ1) is 15.1. The summed E-state index contributed by atoms with van der Waals surface area (Å²) in [6.07, 6.45) is 3.73. The van der Waals surface area contributed by atoms with E-state index >= 15 is 0 Å². The zero-order valence-electron chi connectivity index (χ0n) is 12.5. The van der Waals surface area contributed by atoms with E-state index in [1.165, 1.54) is 0 Å². The quantitative estimate of drug-likeness (QED) is 0.945. The molecular formula is C16H19ClN4O.